The highest BCUT2D eigenvalue weighted by atomic mass is 32.1. The predicted molar refractivity (Wildman–Crippen MR) is 121 cm³/mol. The highest BCUT2D eigenvalue weighted by Crippen LogP contribution is 2.36. The summed E-state index contributed by atoms with van der Waals surface area (Å²) in [4.78, 5) is 32.6. The van der Waals surface area contributed by atoms with Crippen LogP contribution < -0.4 is 10.3 Å². The van der Waals surface area contributed by atoms with Crippen molar-refractivity contribution in [1.82, 2.24) is 9.55 Å². The SMILES string of the molecule is CCOc1ccc(-c2c(C)sc3nc(C)n(C(CC)C(=O)OC(C)C)c(=O)c23)cc1. The average molecular weight is 429 g/mol. The van der Waals surface area contributed by atoms with Gasteiger partial charge in [0.1, 0.15) is 22.4 Å². The van der Waals surface area contributed by atoms with Crippen LogP contribution in [0.1, 0.15) is 50.9 Å². The molecule has 1 aromatic carbocycles. The smallest absolute Gasteiger partial charge is 0.329 e. The Morgan fingerprint density at radius 2 is 1.83 bits per heavy atom. The van der Waals surface area contributed by atoms with Crippen LogP contribution in [0.3, 0.4) is 0 Å². The number of carbonyl (C=O) groups is 1. The van der Waals surface area contributed by atoms with Gasteiger partial charge in [-0.05, 0) is 58.7 Å². The lowest BCUT2D eigenvalue weighted by molar-refractivity contribution is -0.151. The zero-order valence-electron chi connectivity index (χ0n) is 18.3. The Bertz CT molecular complexity index is 1110. The van der Waals surface area contributed by atoms with Crippen molar-refractivity contribution in [1.29, 1.82) is 0 Å². The van der Waals surface area contributed by atoms with E-state index in [1.165, 1.54) is 15.9 Å². The van der Waals surface area contributed by atoms with Crippen molar-refractivity contribution in [3.05, 3.63) is 45.3 Å². The van der Waals surface area contributed by atoms with E-state index in [0.29, 0.717) is 29.1 Å². The lowest BCUT2D eigenvalue weighted by Gasteiger charge is -2.20. The first-order chi connectivity index (χ1) is 14.3. The van der Waals surface area contributed by atoms with Crippen LogP contribution in [0.2, 0.25) is 0 Å². The van der Waals surface area contributed by atoms with Crippen LogP contribution in [0.5, 0.6) is 5.75 Å². The molecule has 0 N–H and O–H groups in total. The molecule has 0 aliphatic rings. The summed E-state index contributed by atoms with van der Waals surface area (Å²) in [5.74, 6) is 0.889. The molecule has 2 aromatic heterocycles. The van der Waals surface area contributed by atoms with Gasteiger partial charge in [-0.3, -0.25) is 9.36 Å². The highest BCUT2D eigenvalue weighted by molar-refractivity contribution is 7.19. The lowest BCUT2D eigenvalue weighted by atomic mass is 10.0. The van der Waals surface area contributed by atoms with Crippen molar-refractivity contribution < 1.29 is 14.3 Å². The van der Waals surface area contributed by atoms with Gasteiger partial charge in [-0.25, -0.2) is 9.78 Å². The van der Waals surface area contributed by atoms with Gasteiger partial charge in [0.25, 0.3) is 5.56 Å². The standard InChI is InChI=1S/C23H28N2O4S/c1-7-18(23(27)29-13(3)4)25-15(6)24-21-20(22(25)26)19(14(5)30-21)16-9-11-17(12-10-16)28-8-2/h9-13,18H,7-8H2,1-6H3. The molecule has 0 radical (unpaired) electrons. The van der Waals surface area contributed by atoms with Crippen molar-refractivity contribution in [2.24, 2.45) is 0 Å². The van der Waals surface area contributed by atoms with Crippen molar-refractivity contribution in [2.75, 3.05) is 6.61 Å². The second-order valence-electron chi connectivity index (χ2n) is 7.41. The summed E-state index contributed by atoms with van der Waals surface area (Å²) >= 11 is 1.49. The van der Waals surface area contributed by atoms with E-state index in [0.717, 1.165) is 21.8 Å². The van der Waals surface area contributed by atoms with Crippen LogP contribution in [0.15, 0.2) is 29.1 Å². The lowest BCUT2D eigenvalue weighted by Crippen LogP contribution is -2.34. The summed E-state index contributed by atoms with van der Waals surface area (Å²) in [6.07, 6.45) is 0.197. The van der Waals surface area contributed by atoms with Gasteiger partial charge >= 0.3 is 5.97 Å². The minimum Gasteiger partial charge on any atom is -0.494 e. The molecule has 7 heteroatoms. The minimum atomic E-state index is -0.704. The Hall–Kier alpha value is -2.67. The van der Waals surface area contributed by atoms with E-state index < -0.39 is 12.0 Å². The second kappa shape index (κ2) is 9.00. The number of nitrogens with zero attached hydrogens (tertiary/aromatic N) is 2. The molecule has 30 heavy (non-hydrogen) atoms. The van der Waals surface area contributed by atoms with E-state index >= 15 is 0 Å². The molecule has 0 spiro atoms. The summed E-state index contributed by atoms with van der Waals surface area (Å²) in [6, 6.07) is 7.00. The summed E-state index contributed by atoms with van der Waals surface area (Å²) in [7, 11) is 0. The van der Waals surface area contributed by atoms with Crippen LogP contribution in [0.4, 0.5) is 0 Å². The topological polar surface area (TPSA) is 70.4 Å². The maximum absolute atomic E-state index is 13.6. The van der Waals surface area contributed by atoms with Crippen LogP contribution in [0.25, 0.3) is 21.3 Å². The fourth-order valence-electron chi connectivity index (χ4n) is 3.64. The molecule has 0 amide bonds. The number of esters is 1. The van der Waals surface area contributed by atoms with Crippen LogP contribution in [0, 0.1) is 13.8 Å². The molecule has 0 bridgehead atoms. The number of rotatable bonds is 7. The van der Waals surface area contributed by atoms with Crippen LogP contribution in [-0.4, -0.2) is 28.2 Å². The highest BCUT2D eigenvalue weighted by Gasteiger charge is 2.27. The molecule has 0 aliphatic carbocycles. The van der Waals surface area contributed by atoms with E-state index in [2.05, 4.69) is 4.98 Å². The number of benzene rings is 1. The van der Waals surface area contributed by atoms with Crippen molar-refractivity contribution in [3.8, 4) is 16.9 Å². The zero-order chi connectivity index (χ0) is 22.0. The number of aromatic nitrogens is 2. The first kappa shape index (κ1) is 22.0. The number of hydrogen-bond acceptors (Lipinski definition) is 6. The fraction of sp³-hybridized carbons (Fsp3) is 0.435. The monoisotopic (exact) mass is 428 g/mol. The summed E-state index contributed by atoms with van der Waals surface area (Å²) in [5.41, 5.74) is 1.57. The van der Waals surface area contributed by atoms with Crippen molar-refractivity contribution in [3.63, 3.8) is 0 Å². The van der Waals surface area contributed by atoms with Gasteiger partial charge in [0, 0.05) is 10.4 Å². The maximum Gasteiger partial charge on any atom is 0.329 e. The molecule has 0 fully saturated rings. The molecule has 6 nitrogen and oxygen atoms in total. The normalized spacial score (nSPS) is 12.4. The molecule has 1 unspecified atom stereocenters. The van der Waals surface area contributed by atoms with E-state index in [9.17, 15) is 9.59 Å². The fourth-order valence-corrected chi connectivity index (χ4v) is 4.72. The molecule has 2 heterocycles. The van der Waals surface area contributed by atoms with Crippen LogP contribution >= 0.6 is 11.3 Å². The Kier molecular flexibility index (Phi) is 6.61. The molecule has 0 saturated heterocycles. The number of hydrogen-bond donors (Lipinski definition) is 0. The number of carbonyl (C=O) groups excluding carboxylic acids is 1. The van der Waals surface area contributed by atoms with E-state index in [1.54, 1.807) is 20.8 Å². The van der Waals surface area contributed by atoms with Crippen LogP contribution in [-0.2, 0) is 9.53 Å². The third kappa shape index (κ3) is 4.12. The molecular formula is C23H28N2O4S. The average Bonchev–Trinajstić information content (AvgIpc) is 3.01. The zero-order valence-corrected chi connectivity index (χ0v) is 19.1. The van der Waals surface area contributed by atoms with Gasteiger partial charge < -0.3 is 9.47 Å². The Morgan fingerprint density at radius 3 is 2.40 bits per heavy atom. The largest absolute Gasteiger partial charge is 0.494 e. The molecule has 3 rings (SSSR count). The third-order valence-electron chi connectivity index (χ3n) is 4.89. The maximum atomic E-state index is 13.6. The van der Waals surface area contributed by atoms with Crippen molar-refractivity contribution in [2.45, 2.75) is 60.1 Å². The predicted octanol–water partition coefficient (Wildman–Crippen LogP) is 5.04. The van der Waals surface area contributed by atoms with Gasteiger partial charge in [0.15, 0.2) is 0 Å². The molecule has 160 valence electrons. The quantitative estimate of drug-likeness (QED) is 0.493. The Balaban J connectivity index is 2.20. The Morgan fingerprint density at radius 1 is 1.17 bits per heavy atom. The van der Waals surface area contributed by atoms with Crippen molar-refractivity contribution >= 4 is 27.5 Å². The number of fused-ring (bicyclic) bond motifs is 1. The van der Waals surface area contributed by atoms with E-state index in [4.69, 9.17) is 9.47 Å². The number of thiophene rings is 1. The Labute approximate surface area is 180 Å². The summed E-state index contributed by atoms with van der Waals surface area (Å²) < 4.78 is 12.4. The molecule has 3 aromatic rings. The molecular weight excluding hydrogens is 400 g/mol. The van der Waals surface area contributed by atoms with E-state index in [1.807, 2.05) is 45.0 Å². The first-order valence-electron chi connectivity index (χ1n) is 10.2. The first-order valence-corrected chi connectivity index (χ1v) is 11.1. The second-order valence-corrected chi connectivity index (χ2v) is 8.62. The van der Waals surface area contributed by atoms with Gasteiger partial charge in [-0.2, -0.15) is 0 Å². The minimum absolute atomic E-state index is 0.210. The third-order valence-corrected chi connectivity index (χ3v) is 5.89. The molecule has 0 saturated carbocycles. The van der Waals surface area contributed by atoms with Gasteiger partial charge in [0.05, 0.1) is 18.1 Å². The summed E-state index contributed by atoms with van der Waals surface area (Å²) in [5, 5.41) is 0.544. The van der Waals surface area contributed by atoms with Gasteiger partial charge in [-0.1, -0.05) is 19.1 Å². The van der Waals surface area contributed by atoms with Gasteiger partial charge in [0.2, 0.25) is 0 Å². The summed E-state index contributed by atoms with van der Waals surface area (Å²) in [6.45, 7) is 11.8. The number of ether oxygens (including phenoxy) is 2. The van der Waals surface area contributed by atoms with E-state index in [-0.39, 0.29) is 11.7 Å². The molecule has 0 aliphatic heterocycles. The molecule has 1 atom stereocenters. The van der Waals surface area contributed by atoms with Gasteiger partial charge in [-0.15, -0.1) is 11.3 Å². The number of aryl methyl sites for hydroxylation is 2.